The predicted molar refractivity (Wildman–Crippen MR) is 124 cm³/mol. The maximum absolute atomic E-state index is 12.1. The van der Waals surface area contributed by atoms with E-state index in [1.807, 2.05) is 24.4 Å². The van der Waals surface area contributed by atoms with Gasteiger partial charge in [0.2, 0.25) is 5.91 Å². The van der Waals surface area contributed by atoms with Crippen LogP contribution in [0.2, 0.25) is 0 Å². The highest BCUT2D eigenvalue weighted by Crippen LogP contribution is 2.21. The van der Waals surface area contributed by atoms with Gasteiger partial charge in [0, 0.05) is 45.5 Å². The molecule has 31 heavy (non-hydrogen) atoms. The van der Waals surface area contributed by atoms with Crippen LogP contribution in [0, 0.1) is 0 Å². The van der Waals surface area contributed by atoms with Crippen LogP contribution in [-0.4, -0.2) is 67.6 Å². The fourth-order valence-corrected chi connectivity index (χ4v) is 4.26. The van der Waals surface area contributed by atoms with Gasteiger partial charge in [0.1, 0.15) is 12.4 Å². The number of nitrogens with zero attached hydrogens (tertiary/aromatic N) is 4. The first-order valence-electron chi connectivity index (χ1n) is 11.1. The van der Waals surface area contributed by atoms with Crippen LogP contribution in [0.1, 0.15) is 24.0 Å². The monoisotopic (exact) mass is 420 g/mol. The van der Waals surface area contributed by atoms with Gasteiger partial charge in [-0.05, 0) is 48.9 Å². The van der Waals surface area contributed by atoms with E-state index in [9.17, 15) is 4.79 Å². The Morgan fingerprint density at radius 2 is 1.87 bits per heavy atom. The molecule has 1 aromatic heterocycles. The van der Waals surface area contributed by atoms with E-state index in [-0.39, 0.29) is 18.5 Å². The first kappa shape index (κ1) is 21.2. The molecular formula is C24H32N6O. The largest absolute Gasteiger partial charge is 0.354 e. The summed E-state index contributed by atoms with van der Waals surface area (Å²) in [4.78, 5) is 25.1. The number of amides is 1. The van der Waals surface area contributed by atoms with Gasteiger partial charge in [-0.1, -0.05) is 30.3 Å². The van der Waals surface area contributed by atoms with Crippen molar-refractivity contribution in [2.45, 2.75) is 37.8 Å². The summed E-state index contributed by atoms with van der Waals surface area (Å²) in [5.74, 6) is 1.73. The van der Waals surface area contributed by atoms with E-state index in [0.717, 1.165) is 50.6 Å². The van der Waals surface area contributed by atoms with Crippen LogP contribution in [-0.2, 0) is 17.6 Å². The number of likely N-dealkylation sites (N-methyl/N-ethyl adjacent to an activating group) is 1. The molecule has 1 saturated heterocycles. The smallest absolute Gasteiger partial charge is 0.243 e. The van der Waals surface area contributed by atoms with Crippen molar-refractivity contribution in [3.8, 4) is 0 Å². The molecule has 2 unspecified atom stereocenters. The number of aromatic nitrogens is 1. The SMILES string of the molecule is CN(C)C(=O)CN=C(NC1CCc2ccccc2C1)NC1CCN(c2ccccn2)C1. The standard InChI is InChI=1S/C24H32N6O/c1-29(2)23(31)16-26-24(27-20-11-10-18-7-3-4-8-19(18)15-20)28-21-12-14-30(17-21)22-9-5-6-13-25-22/h3-9,13,20-21H,10-12,14-17H2,1-2H3,(H2,26,27,28). The number of aliphatic imine (C=N–C) groups is 1. The number of guanidine groups is 1. The number of hydrogen-bond donors (Lipinski definition) is 2. The minimum Gasteiger partial charge on any atom is -0.354 e. The number of pyridine rings is 1. The Morgan fingerprint density at radius 1 is 1.10 bits per heavy atom. The molecule has 2 heterocycles. The molecule has 7 nitrogen and oxygen atoms in total. The number of carbonyl (C=O) groups excluding carboxylic acids is 1. The van der Waals surface area contributed by atoms with E-state index in [2.05, 4.69) is 49.8 Å². The number of anilines is 1. The number of benzene rings is 1. The summed E-state index contributed by atoms with van der Waals surface area (Å²) < 4.78 is 0. The summed E-state index contributed by atoms with van der Waals surface area (Å²) in [6.45, 7) is 1.96. The summed E-state index contributed by atoms with van der Waals surface area (Å²) in [5, 5.41) is 7.19. The topological polar surface area (TPSA) is 72.9 Å². The van der Waals surface area contributed by atoms with Gasteiger partial charge in [-0.3, -0.25) is 4.79 Å². The average molecular weight is 421 g/mol. The Bertz CT molecular complexity index is 913. The second-order valence-electron chi connectivity index (χ2n) is 8.57. The van der Waals surface area contributed by atoms with Crippen molar-refractivity contribution in [2.24, 2.45) is 4.99 Å². The fraction of sp³-hybridized carbons (Fsp3) is 0.458. The van der Waals surface area contributed by atoms with Crippen LogP contribution in [0.15, 0.2) is 53.7 Å². The Labute approximate surface area is 184 Å². The van der Waals surface area contributed by atoms with E-state index in [4.69, 9.17) is 0 Å². The molecule has 2 aromatic rings. The Morgan fingerprint density at radius 3 is 2.65 bits per heavy atom. The molecule has 4 rings (SSSR count). The zero-order chi connectivity index (χ0) is 21.6. The van der Waals surface area contributed by atoms with E-state index < -0.39 is 0 Å². The van der Waals surface area contributed by atoms with Gasteiger partial charge in [-0.15, -0.1) is 0 Å². The van der Waals surface area contributed by atoms with Gasteiger partial charge in [-0.2, -0.15) is 0 Å². The van der Waals surface area contributed by atoms with Gasteiger partial charge < -0.3 is 20.4 Å². The minimum atomic E-state index is -0.00313. The van der Waals surface area contributed by atoms with Crippen molar-refractivity contribution in [3.05, 3.63) is 59.8 Å². The van der Waals surface area contributed by atoms with Crippen molar-refractivity contribution in [1.29, 1.82) is 0 Å². The van der Waals surface area contributed by atoms with Crippen molar-refractivity contribution in [2.75, 3.05) is 38.6 Å². The Kier molecular flexibility index (Phi) is 6.70. The van der Waals surface area contributed by atoms with Crippen LogP contribution in [0.3, 0.4) is 0 Å². The fourth-order valence-electron chi connectivity index (χ4n) is 4.26. The molecule has 1 aromatic carbocycles. The molecule has 0 spiro atoms. The van der Waals surface area contributed by atoms with Crippen LogP contribution >= 0.6 is 0 Å². The van der Waals surface area contributed by atoms with E-state index in [1.165, 1.54) is 11.1 Å². The average Bonchev–Trinajstić information content (AvgIpc) is 3.26. The third-order valence-corrected chi connectivity index (χ3v) is 6.06. The molecule has 1 aliphatic heterocycles. The maximum Gasteiger partial charge on any atom is 0.243 e. The normalized spacial score (nSPS) is 20.8. The van der Waals surface area contributed by atoms with Gasteiger partial charge in [0.05, 0.1) is 0 Å². The number of hydrogen-bond acceptors (Lipinski definition) is 4. The van der Waals surface area contributed by atoms with Crippen molar-refractivity contribution >= 4 is 17.7 Å². The molecule has 164 valence electrons. The molecule has 1 fully saturated rings. The third-order valence-electron chi connectivity index (χ3n) is 6.06. The molecule has 2 aliphatic rings. The third kappa shape index (κ3) is 5.54. The lowest BCUT2D eigenvalue weighted by Gasteiger charge is -2.28. The van der Waals surface area contributed by atoms with Gasteiger partial charge in [0.15, 0.2) is 5.96 Å². The van der Waals surface area contributed by atoms with Crippen LogP contribution in [0.4, 0.5) is 5.82 Å². The molecule has 0 bridgehead atoms. The molecular weight excluding hydrogens is 388 g/mol. The number of nitrogens with one attached hydrogen (secondary N) is 2. The van der Waals surface area contributed by atoms with Crippen molar-refractivity contribution in [3.63, 3.8) is 0 Å². The molecule has 0 saturated carbocycles. The Balaban J connectivity index is 1.41. The van der Waals surface area contributed by atoms with E-state index >= 15 is 0 Å². The van der Waals surface area contributed by atoms with Crippen LogP contribution in [0.5, 0.6) is 0 Å². The lowest BCUT2D eigenvalue weighted by molar-refractivity contribution is -0.127. The Hall–Kier alpha value is -3.09. The highest BCUT2D eigenvalue weighted by molar-refractivity contribution is 5.85. The van der Waals surface area contributed by atoms with E-state index in [0.29, 0.717) is 6.04 Å². The van der Waals surface area contributed by atoms with Gasteiger partial charge >= 0.3 is 0 Å². The van der Waals surface area contributed by atoms with E-state index in [1.54, 1.807) is 19.0 Å². The summed E-state index contributed by atoms with van der Waals surface area (Å²) in [7, 11) is 3.52. The zero-order valence-electron chi connectivity index (χ0n) is 18.4. The quantitative estimate of drug-likeness (QED) is 0.571. The molecule has 2 N–H and O–H groups in total. The number of carbonyl (C=O) groups is 1. The minimum absolute atomic E-state index is 0.00313. The summed E-state index contributed by atoms with van der Waals surface area (Å²) in [6, 6.07) is 15.2. The lowest BCUT2D eigenvalue weighted by Crippen LogP contribution is -2.50. The highest BCUT2D eigenvalue weighted by atomic mass is 16.2. The molecule has 7 heteroatoms. The summed E-state index contributed by atoms with van der Waals surface area (Å²) in [5.41, 5.74) is 2.84. The van der Waals surface area contributed by atoms with Crippen LogP contribution < -0.4 is 15.5 Å². The number of rotatable bonds is 5. The number of fused-ring (bicyclic) bond motifs is 1. The molecule has 2 atom stereocenters. The maximum atomic E-state index is 12.1. The zero-order valence-corrected chi connectivity index (χ0v) is 18.4. The van der Waals surface area contributed by atoms with Gasteiger partial charge in [0.25, 0.3) is 0 Å². The second-order valence-corrected chi connectivity index (χ2v) is 8.57. The lowest BCUT2D eigenvalue weighted by atomic mass is 9.88. The van der Waals surface area contributed by atoms with Crippen LogP contribution in [0.25, 0.3) is 0 Å². The molecule has 1 amide bonds. The second kappa shape index (κ2) is 9.81. The highest BCUT2D eigenvalue weighted by Gasteiger charge is 2.26. The number of aryl methyl sites for hydroxylation is 1. The molecule has 1 aliphatic carbocycles. The van der Waals surface area contributed by atoms with Gasteiger partial charge in [-0.25, -0.2) is 9.98 Å². The predicted octanol–water partition coefficient (Wildman–Crippen LogP) is 1.84. The first-order chi connectivity index (χ1) is 15.1. The first-order valence-corrected chi connectivity index (χ1v) is 11.1. The van der Waals surface area contributed by atoms with Crippen molar-refractivity contribution in [1.82, 2.24) is 20.5 Å². The summed E-state index contributed by atoms with van der Waals surface area (Å²) in [6.07, 6.45) is 5.94. The molecule has 0 radical (unpaired) electrons. The summed E-state index contributed by atoms with van der Waals surface area (Å²) >= 11 is 0. The van der Waals surface area contributed by atoms with Crippen molar-refractivity contribution < 1.29 is 4.79 Å².